The van der Waals surface area contributed by atoms with Crippen molar-refractivity contribution in [3.8, 4) is 5.75 Å². The summed E-state index contributed by atoms with van der Waals surface area (Å²) in [5.74, 6) is 0.902. The molecular weight excluding hydrogens is 238 g/mol. The van der Waals surface area contributed by atoms with Gasteiger partial charge in [-0.25, -0.2) is 0 Å². The molecule has 106 valence electrons. The van der Waals surface area contributed by atoms with Crippen LogP contribution in [0.4, 0.5) is 0 Å². The Balaban J connectivity index is 1.93. The van der Waals surface area contributed by atoms with Crippen molar-refractivity contribution < 1.29 is 9.84 Å². The lowest BCUT2D eigenvalue weighted by Crippen LogP contribution is -2.41. The number of ether oxygens (including phenoxy) is 1. The molecule has 3 nitrogen and oxygen atoms in total. The summed E-state index contributed by atoms with van der Waals surface area (Å²) in [6.45, 7) is 7.42. The van der Waals surface area contributed by atoms with E-state index in [9.17, 15) is 5.11 Å². The summed E-state index contributed by atoms with van der Waals surface area (Å²) >= 11 is 0. The lowest BCUT2D eigenvalue weighted by atomic mass is 9.94. The molecule has 2 rings (SSSR count). The van der Waals surface area contributed by atoms with Crippen molar-refractivity contribution in [3.05, 3.63) is 29.8 Å². The van der Waals surface area contributed by atoms with Gasteiger partial charge in [0.05, 0.1) is 6.10 Å². The van der Waals surface area contributed by atoms with E-state index in [-0.39, 0.29) is 6.04 Å². The summed E-state index contributed by atoms with van der Waals surface area (Å²) in [6, 6.07) is 8.23. The minimum atomic E-state index is 0.253. The number of phenols is 1. The molecule has 1 saturated heterocycles. The number of rotatable bonds is 4. The van der Waals surface area contributed by atoms with Gasteiger partial charge in [-0.1, -0.05) is 26.0 Å². The molecule has 0 bridgehead atoms. The number of hydrogen-bond acceptors (Lipinski definition) is 3. The van der Waals surface area contributed by atoms with E-state index < -0.39 is 0 Å². The summed E-state index contributed by atoms with van der Waals surface area (Å²) in [6.07, 6.45) is 2.50. The second-order valence-corrected chi connectivity index (χ2v) is 5.86. The topological polar surface area (TPSA) is 41.5 Å². The zero-order valence-electron chi connectivity index (χ0n) is 12.1. The fourth-order valence-corrected chi connectivity index (χ4v) is 2.69. The van der Waals surface area contributed by atoms with Crippen molar-refractivity contribution in [3.63, 3.8) is 0 Å². The molecule has 1 fully saturated rings. The third-order valence-electron chi connectivity index (χ3n) is 3.91. The molecule has 0 saturated carbocycles. The smallest absolute Gasteiger partial charge is 0.115 e. The Morgan fingerprint density at radius 3 is 2.79 bits per heavy atom. The quantitative estimate of drug-likeness (QED) is 0.876. The van der Waals surface area contributed by atoms with Crippen molar-refractivity contribution in [1.29, 1.82) is 0 Å². The molecular formula is C16H25NO2. The van der Waals surface area contributed by atoms with E-state index in [1.54, 1.807) is 6.07 Å². The highest BCUT2D eigenvalue weighted by Crippen LogP contribution is 2.24. The van der Waals surface area contributed by atoms with Gasteiger partial charge < -0.3 is 15.2 Å². The van der Waals surface area contributed by atoms with Crippen LogP contribution >= 0.6 is 0 Å². The van der Waals surface area contributed by atoms with E-state index in [2.05, 4.69) is 32.2 Å². The first kappa shape index (κ1) is 14.4. The molecule has 0 radical (unpaired) electrons. The maximum Gasteiger partial charge on any atom is 0.115 e. The lowest BCUT2D eigenvalue weighted by molar-refractivity contribution is -0.0257. The average molecular weight is 263 g/mol. The second kappa shape index (κ2) is 6.40. The standard InChI is InChI=1S/C16H25NO2/c1-11(2)16-10-14(7-8-19-16)17-12(3)13-5-4-6-15(18)9-13/h4-6,9,11-12,14,16-18H,7-8,10H2,1-3H3. The first-order chi connectivity index (χ1) is 9.06. The number of nitrogens with one attached hydrogen (secondary N) is 1. The van der Waals surface area contributed by atoms with Gasteiger partial charge in [-0.3, -0.25) is 0 Å². The first-order valence-corrected chi connectivity index (χ1v) is 7.23. The largest absolute Gasteiger partial charge is 0.508 e. The maximum atomic E-state index is 9.53. The Morgan fingerprint density at radius 2 is 2.11 bits per heavy atom. The maximum absolute atomic E-state index is 9.53. The van der Waals surface area contributed by atoms with Crippen LogP contribution < -0.4 is 5.32 Å². The Bertz CT molecular complexity index is 405. The van der Waals surface area contributed by atoms with Gasteiger partial charge in [0, 0.05) is 18.7 Å². The minimum Gasteiger partial charge on any atom is -0.508 e. The van der Waals surface area contributed by atoms with Crippen LogP contribution in [-0.4, -0.2) is 23.9 Å². The van der Waals surface area contributed by atoms with Gasteiger partial charge in [-0.2, -0.15) is 0 Å². The zero-order valence-corrected chi connectivity index (χ0v) is 12.1. The molecule has 1 aromatic carbocycles. The molecule has 1 aromatic rings. The number of phenolic OH excluding ortho intramolecular Hbond substituents is 1. The molecule has 3 unspecified atom stereocenters. The SMILES string of the molecule is CC(NC1CCOC(C(C)C)C1)c1cccc(O)c1. The monoisotopic (exact) mass is 263 g/mol. The molecule has 0 amide bonds. The van der Waals surface area contributed by atoms with Crippen LogP contribution in [0.25, 0.3) is 0 Å². The summed E-state index contributed by atoms with van der Waals surface area (Å²) in [5, 5.41) is 13.2. The Labute approximate surface area is 116 Å². The molecule has 2 N–H and O–H groups in total. The van der Waals surface area contributed by atoms with Gasteiger partial charge in [-0.05, 0) is 43.4 Å². The molecule has 0 aliphatic carbocycles. The molecule has 1 heterocycles. The highest BCUT2D eigenvalue weighted by molar-refractivity contribution is 5.29. The normalized spacial score (nSPS) is 25.5. The van der Waals surface area contributed by atoms with Crippen LogP contribution in [-0.2, 0) is 4.74 Å². The van der Waals surface area contributed by atoms with Crippen LogP contribution in [0.1, 0.15) is 45.2 Å². The van der Waals surface area contributed by atoms with Crippen molar-refractivity contribution in [2.45, 2.75) is 51.8 Å². The molecule has 3 atom stereocenters. The van der Waals surface area contributed by atoms with E-state index >= 15 is 0 Å². The van der Waals surface area contributed by atoms with Crippen LogP contribution in [0.3, 0.4) is 0 Å². The summed E-state index contributed by atoms with van der Waals surface area (Å²) in [7, 11) is 0. The number of hydrogen-bond donors (Lipinski definition) is 2. The van der Waals surface area contributed by atoms with Crippen LogP contribution in [0.5, 0.6) is 5.75 Å². The fourth-order valence-electron chi connectivity index (χ4n) is 2.69. The lowest BCUT2D eigenvalue weighted by Gasteiger charge is -2.34. The van der Waals surface area contributed by atoms with E-state index in [4.69, 9.17) is 4.74 Å². The van der Waals surface area contributed by atoms with Crippen LogP contribution in [0.2, 0.25) is 0 Å². The second-order valence-electron chi connectivity index (χ2n) is 5.86. The molecule has 19 heavy (non-hydrogen) atoms. The average Bonchev–Trinajstić information content (AvgIpc) is 2.39. The molecule has 3 heteroatoms. The van der Waals surface area contributed by atoms with Crippen molar-refractivity contribution in [2.24, 2.45) is 5.92 Å². The van der Waals surface area contributed by atoms with E-state index in [1.807, 2.05) is 12.1 Å². The highest BCUT2D eigenvalue weighted by atomic mass is 16.5. The van der Waals surface area contributed by atoms with Gasteiger partial charge in [0.2, 0.25) is 0 Å². The van der Waals surface area contributed by atoms with Crippen molar-refractivity contribution in [1.82, 2.24) is 5.32 Å². The number of benzene rings is 1. The Kier molecular flexibility index (Phi) is 4.83. The third-order valence-corrected chi connectivity index (χ3v) is 3.91. The van der Waals surface area contributed by atoms with Crippen molar-refractivity contribution in [2.75, 3.05) is 6.61 Å². The van der Waals surface area contributed by atoms with E-state index in [1.165, 1.54) is 0 Å². The third kappa shape index (κ3) is 3.95. The Hall–Kier alpha value is -1.06. The van der Waals surface area contributed by atoms with Gasteiger partial charge in [0.15, 0.2) is 0 Å². The van der Waals surface area contributed by atoms with Gasteiger partial charge in [-0.15, -0.1) is 0 Å². The molecule has 0 aromatic heterocycles. The summed E-state index contributed by atoms with van der Waals surface area (Å²) in [5.41, 5.74) is 1.13. The predicted molar refractivity (Wildman–Crippen MR) is 77.3 cm³/mol. The zero-order chi connectivity index (χ0) is 13.8. The van der Waals surface area contributed by atoms with Crippen LogP contribution in [0.15, 0.2) is 24.3 Å². The number of aromatic hydroxyl groups is 1. The van der Waals surface area contributed by atoms with E-state index in [0.29, 0.717) is 23.8 Å². The highest BCUT2D eigenvalue weighted by Gasteiger charge is 2.25. The fraction of sp³-hybridized carbons (Fsp3) is 0.625. The first-order valence-electron chi connectivity index (χ1n) is 7.23. The Morgan fingerprint density at radius 1 is 1.32 bits per heavy atom. The van der Waals surface area contributed by atoms with Gasteiger partial charge in [0.25, 0.3) is 0 Å². The predicted octanol–water partition coefficient (Wildman–Crippen LogP) is 3.25. The summed E-state index contributed by atoms with van der Waals surface area (Å²) < 4.78 is 5.80. The minimum absolute atomic E-state index is 0.253. The molecule has 1 aliphatic rings. The molecule has 0 spiro atoms. The van der Waals surface area contributed by atoms with E-state index in [0.717, 1.165) is 25.0 Å². The summed E-state index contributed by atoms with van der Waals surface area (Å²) in [4.78, 5) is 0. The van der Waals surface area contributed by atoms with Crippen molar-refractivity contribution >= 4 is 0 Å². The van der Waals surface area contributed by atoms with Gasteiger partial charge in [0.1, 0.15) is 5.75 Å². The van der Waals surface area contributed by atoms with Gasteiger partial charge >= 0.3 is 0 Å². The van der Waals surface area contributed by atoms with Crippen LogP contribution in [0, 0.1) is 5.92 Å². The molecule has 1 aliphatic heterocycles.